The zero-order valence-corrected chi connectivity index (χ0v) is 15.9. The van der Waals surface area contributed by atoms with Gasteiger partial charge in [-0.2, -0.15) is 0 Å². The van der Waals surface area contributed by atoms with E-state index < -0.39 is 0 Å². The van der Waals surface area contributed by atoms with Crippen molar-refractivity contribution in [2.45, 2.75) is 49.6 Å². The zero-order chi connectivity index (χ0) is 19.2. The van der Waals surface area contributed by atoms with E-state index in [0.717, 1.165) is 32.1 Å². The second kappa shape index (κ2) is 6.43. The molecule has 4 fully saturated rings. The van der Waals surface area contributed by atoms with Gasteiger partial charge >= 0.3 is 0 Å². The van der Waals surface area contributed by atoms with E-state index in [0.29, 0.717) is 23.1 Å². The molecule has 1 heterocycles. The molecule has 1 aromatic carbocycles. The average Bonchev–Trinajstić information content (AvgIpc) is 2.67. The van der Waals surface area contributed by atoms with Gasteiger partial charge in [0.25, 0.3) is 11.8 Å². The molecule has 0 spiro atoms. The van der Waals surface area contributed by atoms with E-state index in [1.54, 1.807) is 12.3 Å². The van der Waals surface area contributed by atoms with Crippen molar-refractivity contribution < 1.29 is 9.59 Å². The molecule has 4 bridgehead atoms. The first-order valence-electron chi connectivity index (χ1n) is 10.2. The van der Waals surface area contributed by atoms with Gasteiger partial charge in [-0.3, -0.25) is 14.6 Å². The fourth-order valence-electron chi connectivity index (χ4n) is 6.26. The van der Waals surface area contributed by atoms with E-state index in [4.69, 9.17) is 0 Å². The van der Waals surface area contributed by atoms with Crippen LogP contribution in [0.1, 0.15) is 59.4 Å². The van der Waals surface area contributed by atoms with E-state index in [2.05, 4.69) is 15.6 Å². The smallest absolute Gasteiger partial charge is 0.270 e. The summed E-state index contributed by atoms with van der Waals surface area (Å²) in [5.74, 6) is 1.00. The Bertz CT molecular complexity index is 811. The van der Waals surface area contributed by atoms with Crippen LogP contribution < -0.4 is 10.6 Å². The highest BCUT2D eigenvalue weighted by atomic mass is 16.2. The number of amides is 2. The standard InChI is InChI=1S/C23H25N3O2/c27-20(18-6-2-1-3-7-18)25-22-11-16-10-17(12-22)14-23(13-16,15-22)26-21(28)19-8-4-5-9-24-19/h1-9,16-17H,10-15H2,(H,25,27)(H,26,28). The van der Waals surface area contributed by atoms with Crippen molar-refractivity contribution >= 4 is 11.8 Å². The van der Waals surface area contributed by atoms with E-state index in [9.17, 15) is 9.59 Å². The fourth-order valence-corrected chi connectivity index (χ4v) is 6.26. The highest BCUT2D eigenvalue weighted by Crippen LogP contribution is 2.57. The number of carbonyl (C=O) groups is 2. The largest absolute Gasteiger partial charge is 0.346 e. The predicted octanol–water partition coefficient (Wildman–Crippen LogP) is 3.33. The highest BCUT2D eigenvalue weighted by Gasteiger charge is 2.58. The second-order valence-corrected chi connectivity index (χ2v) is 9.01. The number of carbonyl (C=O) groups excluding carboxylic acids is 2. The first kappa shape index (κ1) is 17.4. The molecule has 0 saturated heterocycles. The Morgan fingerprint density at radius 1 is 0.821 bits per heavy atom. The number of nitrogens with zero attached hydrogens (tertiary/aromatic N) is 1. The molecule has 1 aromatic heterocycles. The van der Waals surface area contributed by atoms with Crippen LogP contribution in [0.15, 0.2) is 54.7 Å². The Balaban J connectivity index is 1.38. The van der Waals surface area contributed by atoms with Crippen molar-refractivity contribution in [1.29, 1.82) is 0 Å². The van der Waals surface area contributed by atoms with E-state index in [-0.39, 0.29) is 22.9 Å². The molecule has 0 radical (unpaired) electrons. The van der Waals surface area contributed by atoms with Crippen LogP contribution in [0.2, 0.25) is 0 Å². The molecule has 2 atom stereocenters. The van der Waals surface area contributed by atoms with Gasteiger partial charge in [0.05, 0.1) is 0 Å². The molecule has 4 aliphatic carbocycles. The van der Waals surface area contributed by atoms with Gasteiger partial charge in [-0.05, 0) is 74.6 Å². The highest BCUT2D eigenvalue weighted by molar-refractivity contribution is 5.95. The number of benzene rings is 1. The van der Waals surface area contributed by atoms with Crippen molar-refractivity contribution in [3.63, 3.8) is 0 Å². The van der Waals surface area contributed by atoms with Gasteiger partial charge in [0.15, 0.2) is 0 Å². The lowest BCUT2D eigenvalue weighted by atomic mass is 9.49. The first-order valence-corrected chi connectivity index (χ1v) is 10.2. The van der Waals surface area contributed by atoms with Crippen LogP contribution in [0.5, 0.6) is 0 Å². The Hall–Kier alpha value is -2.69. The van der Waals surface area contributed by atoms with Gasteiger partial charge in [-0.15, -0.1) is 0 Å². The van der Waals surface area contributed by atoms with Crippen LogP contribution in [0.25, 0.3) is 0 Å². The summed E-state index contributed by atoms with van der Waals surface area (Å²) < 4.78 is 0. The minimum absolute atomic E-state index is 0.00578. The van der Waals surface area contributed by atoms with Crippen molar-refractivity contribution in [3.05, 3.63) is 66.0 Å². The number of aromatic nitrogens is 1. The summed E-state index contributed by atoms with van der Waals surface area (Å²) in [4.78, 5) is 29.9. The summed E-state index contributed by atoms with van der Waals surface area (Å²) in [7, 11) is 0. The third-order valence-corrected chi connectivity index (χ3v) is 6.75. The number of rotatable bonds is 4. The van der Waals surface area contributed by atoms with Crippen LogP contribution in [0.3, 0.4) is 0 Å². The van der Waals surface area contributed by atoms with Crippen LogP contribution in [-0.4, -0.2) is 27.9 Å². The van der Waals surface area contributed by atoms with Gasteiger partial charge in [0.1, 0.15) is 5.69 Å². The molecular formula is C23H25N3O2. The van der Waals surface area contributed by atoms with Gasteiger partial charge in [0.2, 0.25) is 0 Å². The maximum atomic E-state index is 12.9. The minimum atomic E-state index is -0.233. The predicted molar refractivity (Wildman–Crippen MR) is 106 cm³/mol. The monoisotopic (exact) mass is 375 g/mol. The molecule has 4 aliphatic rings. The van der Waals surface area contributed by atoms with Gasteiger partial charge in [-0.1, -0.05) is 24.3 Å². The molecule has 144 valence electrons. The lowest BCUT2D eigenvalue weighted by Crippen LogP contribution is -2.69. The molecule has 6 rings (SSSR count). The van der Waals surface area contributed by atoms with Crippen molar-refractivity contribution in [3.8, 4) is 0 Å². The van der Waals surface area contributed by atoms with Crippen LogP contribution >= 0.6 is 0 Å². The maximum absolute atomic E-state index is 12.9. The maximum Gasteiger partial charge on any atom is 0.270 e. The third-order valence-electron chi connectivity index (χ3n) is 6.75. The van der Waals surface area contributed by atoms with E-state index >= 15 is 0 Å². The van der Waals surface area contributed by atoms with Crippen molar-refractivity contribution in [2.75, 3.05) is 0 Å². The van der Waals surface area contributed by atoms with Gasteiger partial charge in [0, 0.05) is 22.8 Å². The SMILES string of the molecule is O=C(NC12CC3CC(C1)CC(NC(=O)c1ccccn1)(C3)C2)c1ccccc1. The molecule has 5 heteroatoms. The summed E-state index contributed by atoms with van der Waals surface area (Å²) in [5, 5.41) is 6.70. The Kier molecular flexibility index (Phi) is 4.00. The number of nitrogens with one attached hydrogen (secondary N) is 2. The summed E-state index contributed by atoms with van der Waals surface area (Å²) in [6.07, 6.45) is 7.72. The van der Waals surface area contributed by atoms with Crippen molar-refractivity contribution in [2.24, 2.45) is 11.8 Å². The summed E-state index contributed by atoms with van der Waals surface area (Å²) in [6, 6.07) is 14.8. The number of hydrogen-bond donors (Lipinski definition) is 2. The normalized spacial score (nSPS) is 32.7. The zero-order valence-electron chi connectivity index (χ0n) is 15.9. The molecule has 4 saturated carbocycles. The van der Waals surface area contributed by atoms with Crippen molar-refractivity contribution in [1.82, 2.24) is 15.6 Å². The Labute approximate surface area is 164 Å². The topological polar surface area (TPSA) is 71.1 Å². The number of hydrogen-bond acceptors (Lipinski definition) is 3. The molecule has 2 aromatic rings. The van der Waals surface area contributed by atoms with Gasteiger partial charge in [-0.25, -0.2) is 0 Å². The molecular weight excluding hydrogens is 350 g/mol. The van der Waals surface area contributed by atoms with E-state index in [1.165, 1.54) is 6.42 Å². The van der Waals surface area contributed by atoms with Crippen LogP contribution in [0.4, 0.5) is 0 Å². The summed E-state index contributed by atoms with van der Waals surface area (Å²) in [5.41, 5.74) is 0.710. The fraction of sp³-hybridized carbons (Fsp3) is 0.435. The third kappa shape index (κ3) is 3.09. The summed E-state index contributed by atoms with van der Waals surface area (Å²) >= 11 is 0. The van der Waals surface area contributed by atoms with Crippen LogP contribution in [0, 0.1) is 11.8 Å². The summed E-state index contributed by atoms with van der Waals surface area (Å²) in [6.45, 7) is 0. The lowest BCUT2D eigenvalue weighted by Gasteiger charge is -2.62. The Morgan fingerprint density at radius 2 is 1.43 bits per heavy atom. The minimum Gasteiger partial charge on any atom is -0.346 e. The molecule has 5 nitrogen and oxygen atoms in total. The Morgan fingerprint density at radius 3 is 2.04 bits per heavy atom. The molecule has 0 aliphatic heterocycles. The molecule has 2 N–H and O–H groups in total. The molecule has 2 unspecified atom stereocenters. The van der Waals surface area contributed by atoms with E-state index in [1.807, 2.05) is 42.5 Å². The quantitative estimate of drug-likeness (QED) is 0.861. The average molecular weight is 375 g/mol. The molecule has 28 heavy (non-hydrogen) atoms. The first-order chi connectivity index (χ1) is 13.5. The second-order valence-electron chi connectivity index (χ2n) is 9.01. The van der Waals surface area contributed by atoms with Gasteiger partial charge < -0.3 is 10.6 Å². The molecule has 2 amide bonds. The van der Waals surface area contributed by atoms with Crippen LogP contribution in [-0.2, 0) is 0 Å². The number of pyridine rings is 1. The lowest BCUT2D eigenvalue weighted by molar-refractivity contribution is -0.0448.